The minimum Gasteiger partial charge on any atom is -0.357 e. The van der Waals surface area contributed by atoms with Crippen molar-refractivity contribution in [3.05, 3.63) is 11.6 Å². The van der Waals surface area contributed by atoms with Gasteiger partial charge in [-0.1, -0.05) is 6.42 Å². The molecule has 9 heteroatoms. The summed E-state index contributed by atoms with van der Waals surface area (Å²) in [4.78, 5) is 19.0. The summed E-state index contributed by atoms with van der Waals surface area (Å²) in [5.41, 5.74) is 0.0792. The quantitative estimate of drug-likeness (QED) is 0.363. The van der Waals surface area contributed by atoms with E-state index < -0.39 is 0 Å². The Morgan fingerprint density at radius 3 is 2.93 bits per heavy atom. The molecular formula is C20H34IN7O. The summed E-state index contributed by atoms with van der Waals surface area (Å²) < 4.78 is 2.31. The van der Waals surface area contributed by atoms with E-state index in [0.29, 0.717) is 13.0 Å². The Balaban J connectivity index is 0.00000240. The molecule has 1 aromatic rings. The van der Waals surface area contributed by atoms with Gasteiger partial charge in [0.15, 0.2) is 5.96 Å². The van der Waals surface area contributed by atoms with E-state index in [1.807, 2.05) is 0 Å². The number of nitrogens with zero attached hydrogens (tertiary/aromatic N) is 5. The molecule has 8 nitrogen and oxygen atoms in total. The number of fused-ring (bicyclic) bond motifs is 1. The molecule has 4 rings (SSSR count). The molecule has 2 fully saturated rings. The number of nitrogens with one attached hydrogen (secondary N) is 2. The second-order valence-corrected chi connectivity index (χ2v) is 8.46. The van der Waals surface area contributed by atoms with Crippen molar-refractivity contribution >= 4 is 35.8 Å². The fourth-order valence-electron chi connectivity index (χ4n) is 4.85. The molecule has 1 amide bonds. The fraction of sp³-hybridized carbons (Fsp3) is 0.800. The molecule has 29 heavy (non-hydrogen) atoms. The van der Waals surface area contributed by atoms with E-state index in [0.717, 1.165) is 76.0 Å². The molecule has 162 valence electrons. The third kappa shape index (κ3) is 5.21. The van der Waals surface area contributed by atoms with Gasteiger partial charge in [0.2, 0.25) is 5.91 Å². The average Bonchev–Trinajstić information content (AvgIpc) is 3.15. The minimum absolute atomic E-state index is 0. The van der Waals surface area contributed by atoms with E-state index >= 15 is 0 Å². The van der Waals surface area contributed by atoms with Crippen LogP contribution in [0.5, 0.6) is 0 Å². The zero-order chi connectivity index (χ0) is 19.4. The summed E-state index contributed by atoms with van der Waals surface area (Å²) in [5.74, 6) is 3.37. The van der Waals surface area contributed by atoms with Crippen LogP contribution in [0.3, 0.4) is 0 Å². The number of carbonyl (C=O) groups excluding carboxylic acids is 1. The standard InChI is InChI=1S/C20H33N7O.HI/c1-2-21-19(26-11-6-9-20(15-26)13-18(28)23-14-20)22-10-8-17-25-24-16-7-4-3-5-12-27(16)17;/h2-15H2,1H3,(H,21,22)(H,23,28);1H. The number of amides is 1. The average molecular weight is 515 g/mol. The van der Waals surface area contributed by atoms with Gasteiger partial charge in [-0.25, -0.2) is 0 Å². The van der Waals surface area contributed by atoms with Gasteiger partial charge in [-0.3, -0.25) is 9.79 Å². The van der Waals surface area contributed by atoms with Crippen LogP contribution < -0.4 is 10.6 Å². The summed E-state index contributed by atoms with van der Waals surface area (Å²) >= 11 is 0. The molecule has 0 aliphatic carbocycles. The predicted molar refractivity (Wildman–Crippen MR) is 124 cm³/mol. The topological polar surface area (TPSA) is 87.4 Å². The summed E-state index contributed by atoms with van der Waals surface area (Å²) in [6.45, 7) is 7.40. The van der Waals surface area contributed by atoms with Gasteiger partial charge in [-0.2, -0.15) is 0 Å². The first kappa shape index (κ1) is 22.3. The molecule has 1 atom stereocenters. The molecule has 0 bridgehead atoms. The lowest BCUT2D eigenvalue weighted by Crippen LogP contribution is -2.51. The number of aromatic nitrogens is 3. The molecule has 0 radical (unpaired) electrons. The molecule has 1 unspecified atom stereocenters. The molecule has 4 heterocycles. The van der Waals surface area contributed by atoms with Gasteiger partial charge in [0.05, 0.1) is 0 Å². The maximum absolute atomic E-state index is 11.8. The van der Waals surface area contributed by atoms with Crippen LogP contribution in [0.1, 0.15) is 57.1 Å². The van der Waals surface area contributed by atoms with Gasteiger partial charge in [0, 0.05) is 63.9 Å². The molecule has 0 aromatic carbocycles. The monoisotopic (exact) mass is 515 g/mol. The van der Waals surface area contributed by atoms with Crippen LogP contribution >= 0.6 is 24.0 Å². The number of aliphatic imine (C=N–C) groups is 1. The van der Waals surface area contributed by atoms with E-state index in [4.69, 9.17) is 4.99 Å². The van der Waals surface area contributed by atoms with Crippen molar-refractivity contribution in [1.29, 1.82) is 0 Å². The first-order chi connectivity index (χ1) is 13.7. The zero-order valence-electron chi connectivity index (χ0n) is 17.5. The molecule has 3 aliphatic rings. The van der Waals surface area contributed by atoms with Crippen molar-refractivity contribution in [2.45, 2.75) is 64.8 Å². The maximum Gasteiger partial charge on any atom is 0.220 e. The minimum atomic E-state index is 0. The van der Waals surface area contributed by atoms with Crippen molar-refractivity contribution in [3.8, 4) is 0 Å². The molecule has 3 aliphatic heterocycles. The smallest absolute Gasteiger partial charge is 0.220 e. The van der Waals surface area contributed by atoms with Crippen LogP contribution in [0.2, 0.25) is 0 Å². The molecule has 2 N–H and O–H groups in total. The highest BCUT2D eigenvalue weighted by molar-refractivity contribution is 14.0. The number of guanidine groups is 1. The van der Waals surface area contributed by atoms with E-state index in [1.54, 1.807) is 0 Å². The number of carbonyl (C=O) groups is 1. The SMILES string of the molecule is CCNC(=NCCc1nnc2n1CCCCC2)N1CCCC2(CNC(=O)C2)C1.I. The highest BCUT2D eigenvalue weighted by Gasteiger charge is 2.42. The molecule has 0 saturated carbocycles. The summed E-state index contributed by atoms with van der Waals surface area (Å²) in [5, 5.41) is 15.3. The number of likely N-dealkylation sites (tertiary alicyclic amines) is 1. The van der Waals surface area contributed by atoms with Crippen LogP contribution in [0.15, 0.2) is 4.99 Å². The van der Waals surface area contributed by atoms with Gasteiger partial charge < -0.3 is 20.1 Å². The summed E-state index contributed by atoms with van der Waals surface area (Å²) in [6, 6.07) is 0. The number of aryl methyl sites for hydroxylation is 1. The lowest BCUT2D eigenvalue weighted by Gasteiger charge is -2.40. The van der Waals surface area contributed by atoms with E-state index in [2.05, 4.69) is 37.2 Å². The highest BCUT2D eigenvalue weighted by atomic mass is 127. The van der Waals surface area contributed by atoms with Gasteiger partial charge in [-0.05, 0) is 32.6 Å². The Morgan fingerprint density at radius 2 is 2.14 bits per heavy atom. The molecular weight excluding hydrogens is 481 g/mol. The second kappa shape index (κ2) is 10.1. The Hall–Kier alpha value is -1.39. The van der Waals surface area contributed by atoms with Crippen LogP contribution in [-0.4, -0.2) is 64.3 Å². The highest BCUT2D eigenvalue weighted by Crippen LogP contribution is 2.36. The number of hydrogen-bond donors (Lipinski definition) is 2. The van der Waals surface area contributed by atoms with Crippen LogP contribution in [-0.2, 0) is 24.2 Å². The number of halogens is 1. The summed E-state index contributed by atoms with van der Waals surface area (Å²) in [7, 11) is 0. The molecule has 1 aromatic heterocycles. The number of rotatable bonds is 4. The van der Waals surface area contributed by atoms with Crippen LogP contribution in [0.4, 0.5) is 0 Å². The molecule has 1 spiro atoms. The van der Waals surface area contributed by atoms with Crippen LogP contribution in [0, 0.1) is 5.41 Å². The van der Waals surface area contributed by atoms with Gasteiger partial charge in [0.25, 0.3) is 0 Å². The largest absolute Gasteiger partial charge is 0.357 e. The van der Waals surface area contributed by atoms with Gasteiger partial charge >= 0.3 is 0 Å². The third-order valence-corrected chi connectivity index (χ3v) is 6.28. The Morgan fingerprint density at radius 1 is 1.24 bits per heavy atom. The van der Waals surface area contributed by atoms with E-state index in [9.17, 15) is 4.79 Å². The van der Waals surface area contributed by atoms with E-state index in [1.165, 1.54) is 19.3 Å². The first-order valence-corrected chi connectivity index (χ1v) is 10.9. The third-order valence-electron chi connectivity index (χ3n) is 6.28. The van der Waals surface area contributed by atoms with Crippen molar-refractivity contribution in [2.24, 2.45) is 10.4 Å². The fourth-order valence-corrected chi connectivity index (χ4v) is 4.85. The summed E-state index contributed by atoms with van der Waals surface area (Å²) in [6.07, 6.45) is 8.45. The number of hydrogen-bond acceptors (Lipinski definition) is 4. The normalized spacial score (nSPS) is 24.7. The Labute approximate surface area is 190 Å². The predicted octanol–water partition coefficient (Wildman–Crippen LogP) is 1.73. The molecule has 2 saturated heterocycles. The Kier molecular flexibility index (Phi) is 7.75. The van der Waals surface area contributed by atoms with Gasteiger partial charge in [-0.15, -0.1) is 34.2 Å². The first-order valence-electron chi connectivity index (χ1n) is 10.9. The second-order valence-electron chi connectivity index (χ2n) is 8.46. The van der Waals surface area contributed by atoms with E-state index in [-0.39, 0.29) is 35.3 Å². The lowest BCUT2D eigenvalue weighted by molar-refractivity contribution is -0.119. The lowest BCUT2D eigenvalue weighted by atomic mass is 9.79. The van der Waals surface area contributed by atoms with Gasteiger partial charge in [0.1, 0.15) is 11.6 Å². The Bertz CT molecular complexity index is 734. The van der Waals surface area contributed by atoms with Crippen molar-refractivity contribution in [1.82, 2.24) is 30.3 Å². The van der Waals surface area contributed by atoms with Crippen LogP contribution in [0.25, 0.3) is 0 Å². The number of piperidine rings is 1. The zero-order valence-corrected chi connectivity index (χ0v) is 19.8. The van der Waals surface area contributed by atoms with Crippen molar-refractivity contribution < 1.29 is 4.79 Å². The maximum atomic E-state index is 11.8. The van der Waals surface area contributed by atoms with Crippen molar-refractivity contribution in [2.75, 3.05) is 32.7 Å². The van der Waals surface area contributed by atoms with Crippen molar-refractivity contribution in [3.63, 3.8) is 0 Å².